The number of nitrogens with zero attached hydrogens (tertiary/aromatic N) is 3. The van der Waals surface area contributed by atoms with Crippen LogP contribution in [-0.2, 0) is 11.3 Å². The minimum Gasteiger partial charge on any atom is -0.338 e. The monoisotopic (exact) mass is 416 g/mol. The Labute approximate surface area is 176 Å². The summed E-state index contributed by atoms with van der Waals surface area (Å²) in [6, 6.07) is 5.50. The number of aromatic amines is 1. The number of aromatic nitrogens is 2. The van der Waals surface area contributed by atoms with Gasteiger partial charge >= 0.3 is 0 Å². The van der Waals surface area contributed by atoms with Gasteiger partial charge in [0.15, 0.2) is 0 Å². The third-order valence-electron chi connectivity index (χ3n) is 6.46. The first-order valence-corrected chi connectivity index (χ1v) is 11.1. The minimum atomic E-state index is -0.176. The summed E-state index contributed by atoms with van der Waals surface area (Å²) in [5.74, 6) is 1.45. The molecule has 7 heteroatoms. The Morgan fingerprint density at radius 2 is 2.07 bits per heavy atom. The lowest BCUT2D eigenvalue weighted by molar-refractivity contribution is -0.138. The number of nitrogens with one attached hydrogen (secondary N) is 1. The second kappa shape index (κ2) is 8.84. The molecule has 2 aromatic rings. The number of hydrogen-bond acceptors (Lipinski definition) is 4. The topological polar surface area (TPSA) is 69.3 Å². The van der Waals surface area contributed by atoms with Crippen LogP contribution in [0.5, 0.6) is 0 Å². The Hall–Kier alpha value is -1.92. The van der Waals surface area contributed by atoms with E-state index in [0.29, 0.717) is 53.3 Å². The van der Waals surface area contributed by atoms with E-state index in [1.807, 2.05) is 11.8 Å². The minimum absolute atomic E-state index is 0.176. The summed E-state index contributed by atoms with van der Waals surface area (Å²) in [6.07, 6.45) is 7.30. The predicted octanol–water partition coefficient (Wildman–Crippen LogP) is 3.58. The van der Waals surface area contributed by atoms with Crippen molar-refractivity contribution in [3.63, 3.8) is 0 Å². The van der Waals surface area contributed by atoms with Crippen molar-refractivity contribution >= 4 is 28.4 Å². The second-order valence-corrected chi connectivity index (χ2v) is 8.76. The standard InChI is InChI=1S/C22H29ClN4O2/c1-2-26(13-20-24-18-12-16(23)9-10-17(18)22(29)25-20)14-21(28)27-11-5-7-15-6-3-4-8-19(15)27/h9-10,12,15,19H,2-8,11,13-14H2,1H3,(H,24,25,29)/t15-,19+/m1/s1. The molecule has 0 bridgehead atoms. The summed E-state index contributed by atoms with van der Waals surface area (Å²) in [4.78, 5) is 37.1. The van der Waals surface area contributed by atoms with Gasteiger partial charge in [-0.25, -0.2) is 4.98 Å². The molecular formula is C22H29ClN4O2. The molecule has 1 N–H and O–H groups in total. The molecule has 0 radical (unpaired) electrons. The number of likely N-dealkylation sites (N-methyl/N-ethyl adjacent to an activating group) is 1. The normalized spacial score (nSPS) is 22.1. The van der Waals surface area contributed by atoms with Gasteiger partial charge in [-0.05, 0) is 56.3 Å². The molecule has 2 heterocycles. The van der Waals surface area contributed by atoms with Gasteiger partial charge in [-0.3, -0.25) is 14.5 Å². The molecular weight excluding hydrogens is 388 g/mol. The Balaban J connectivity index is 1.47. The summed E-state index contributed by atoms with van der Waals surface area (Å²) >= 11 is 6.05. The molecule has 4 rings (SSSR count). The average Bonchev–Trinajstić information content (AvgIpc) is 2.72. The molecule has 1 amide bonds. The molecule has 0 unspecified atom stereocenters. The van der Waals surface area contributed by atoms with E-state index in [-0.39, 0.29) is 11.5 Å². The molecule has 1 aromatic heterocycles. The molecule has 1 aromatic carbocycles. The number of fused-ring (bicyclic) bond motifs is 2. The number of carbonyl (C=O) groups excluding carboxylic acids is 1. The maximum absolute atomic E-state index is 13.1. The fourth-order valence-electron chi connectivity index (χ4n) is 4.94. The molecule has 2 aliphatic rings. The lowest BCUT2D eigenvalue weighted by atomic mass is 9.78. The van der Waals surface area contributed by atoms with Crippen LogP contribution in [0, 0.1) is 5.92 Å². The summed E-state index contributed by atoms with van der Waals surface area (Å²) < 4.78 is 0. The van der Waals surface area contributed by atoms with Crippen molar-refractivity contribution in [2.75, 3.05) is 19.6 Å². The van der Waals surface area contributed by atoms with Gasteiger partial charge < -0.3 is 9.88 Å². The van der Waals surface area contributed by atoms with Crippen LogP contribution in [0.3, 0.4) is 0 Å². The molecule has 2 atom stereocenters. The van der Waals surface area contributed by atoms with Crippen molar-refractivity contribution in [1.29, 1.82) is 0 Å². The van der Waals surface area contributed by atoms with E-state index in [2.05, 4.69) is 14.9 Å². The van der Waals surface area contributed by atoms with Gasteiger partial charge in [-0.2, -0.15) is 0 Å². The molecule has 156 valence electrons. The molecule has 2 fully saturated rings. The van der Waals surface area contributed by atoms with E-state index in [4.69, 9.17) is 11.6 Å². The van der Waals surface area contributed by atoms with Crippen LogP contribution in [0.25, 0.3) is 10.9 Å². The van der Waals surface area contributed by atoms with Crippen molar-refractivity contribution in [1.82, 2.24) is 19.8 Å². The number of halogens is 1. The van der Waals surface area contributed by atoms with Crippen LogP contribution in [0.2, 0.25) is 5.02 Å². The maximum Gasteiger partial charge on any atom is 0.258 e. The predicted molar refractivity (Wildman–Crippen MR) is 115 cm³/mol. The zero-order chi connectivity index (χ0) is 20.4. The van der Waals surface area contributed by atoms with Crippen molar-refractivity contribution in [2.24, 2.45) is 5.92 Å². The maximum atomic E-state index is 13.1. The first-order chi connectivity index (χ1) is 14.0. The number of rotatable bonds is 5. The number of amides is 1. The Morgan fingerprint density at radius 3 is 2.90 bits per heavy atom. The van der Waals surface area contributed by atoms with E-state index in [1.165, 1.54) is 25.7 Å². The van der Waals surface area contributed by atoms with E-state index in [0.717, 1.165) is 19.4 Å². The van der Waals surface area contributed by atoms with E-state index in [9.17, 15) is 9.59 Å². The number of likely N-dealkylation sites (tertiary alicyclic amines) is 1. The zero-order valence-corrected chi connectivity index (χ0v) is 17.7. The highest BCUT2D eigenvalue weighted by Crippen LogP contribution is 2.35. The van der Waals surface area contributed by atoms with Crippen molar-refractivity contribution in [2.45, 2.75) is 58.0 Å². The number of hydrogen-bond donors (Lipinski definition) is 1. The van der Waals surface area contributed by atoms with Gasteiger partial charge in [0.05, 0.1) is 24.0 Å². The summed E-state index contributed by atoms with van der Waals surface area (Å²) in [6.45, 7) is 4.41. The Morgan fingerprint density at radius 1 is 1.28 bits per heavy atom. The van der Waals surface area contributed by atoms with Gasteiger partial charge in [-0.15, -0.1) is 0 Å². The fourth-order valence-corrected chi connectivity index (χ4v) is 5.11. The molecule has 1 aliphatic heterocycles. The average molecular weight is 417 g/mol. The van der Waals surface area contributed by atoms with Crippen LogP contribution in [-0.4, -0.2) is 51.4 Å². The number of benzene rings is 1. The first-order valence-electron chi connectivity index (χ1n) is 10.8. The van der Waals surface area contributed by atoms with Crippen LogP contribution >= 0.6 is 11.6 Å². The highest BCUT2D eigenvalue weighted by Gasteiger charge is 2.35. The van der Waals surface area contributed by atoms with Gasteiger partial charge in [-0.1, -0.05) is 31.4 Å². The molecule has 0 spiro atoms. The third kappa shape index (κ3) is 4.48. The number of H-pyrrole nitrogens is 1. The van der Waals surface area contributed by atoms with Gasteiger partial charge in [0.2, 0.25) is 5.91 Å². The summed E-state index contributed by atoms with van der Waals surface area (Å²) in [7, 11) is 0. The van der Waals surface area contributed by atoms with Crippen LogP contribution in [0.1, 0.15) is 51.3 Å². The first kappa shape index (κ1) is 20.4. The van der Waals surface area contributed by atoms with Gasteiger partial charge in [0.25, 0.3) is 5.56 Å². The molecule has 6 nitrogen and oxygen atoms in total. The van der Waals surface area contributed by atoms with Gasteiger partial charge in [0.1, 0.15) is 5.82 Å². The lowest BCUT2D eigenvalue weighted by Gasteiger charge is -2.44. The number of carbonyl (C=O) groups is 1. The Kier molecular flexibility index (Phi) is 6.20. The van der Waals surface area contributed by atoms with E-state index in [1.54, 1.807) is 18.2 Å². The van der Waals surface area contributed by atoms with Crippen molar-refractivity contribution in [3.8, 4) is 0 Å². The van der Waals surface area contributed by atoms with Crippen LogP contribution < -0.4 is 5.56 Å². The Bertz CT molecular complexity index is 942. The van der Waals surface area contributed by atoms with E-state index < -0.39 is 0 Å². The summed E-state index contributed by atoms with van der Waals surface area (Å²) in [5.41, 5.74) is 0.407. The van der Waals surface area contributed by atoms with Crippen LogP contribution in [0.4, 0.5) is 0 Å². The molecule has 1 saturated heterocycles. The van der Waals surface area contributed by atoms with Gasteiger partial charge in [0, 0.05) is 17.6 Å². The largest absolute Gasteiger partial charge is 0.338 e. The zero-order valence-electron chi connectivity index (χ0n) is 17.0. The van der Waals surface area contributed by atoms with E-state index >= 15 is 0 Å². The summed E-state index contributed by atoms with van der Waals surface area (Å²) in [5, 5.41) is 1.07. The fraction of sp³-hybridized carbons (Fsp3) is 0.591. The van der Waals surface area contributed by atoms with Crippen molar-refractivity contribution < 1.29 is 4.79 Å². The molecule has 1 aliphatic carbocycles. The SMILES string of the molecule is CCN(CC(=O)N1CCC[C@H]2CCCC[C@@H]21)Cc1nc2cc(Cl)ccc2c(=O)[nH]1. The molecule has 29 heavy (non-hydrogen) atoms. The van der Waals surface area contributed by atoms with Crippen molar-refractivity contribution in [3.05, 3.63) is 39.4 Å². The highest BCUT2D eigenvalue weighted by atomic mass is 35.5. The van der Waals surface area contributed by atoms with Crippen LogP contribution in [0.15, 0.2) is 23.0 Å². The highest BCUT2D eigenvalue weighted by molar-refractivity contribution is 6.31. The number of piperidine rings is 1. The second-order valence-electron chi connectivity index (χ2n) is 8.32. The molecule has 1 saturated carbocycles. The quantitative estimate of drug-likeness (QED) is 0.808. The smallest absolute Gasteiger partial charge is 0.258 e. The lowest BCUT2D eigenvalue weighted by Crippen LogP contribution is -2.52. The third-order valence-corrected chi connectivity index (χ3v) is 6.70.